The predicted molar refractivity (Wildman–Crippen MR) is 87.4 cm³/mol. The molecular formula is C16H24ClN3O. The van der Waals surface area contributed by atoms with Crippen LogP contribution in [-0.2, 0) is 6.42 Å². The Morgan fingerprint density at radius 1 is 1.29 bits per heavy atom. The number of nitrogens with zero attached hydrogens (tertiary/aromatic N) is 2. The lowest BCUT2D eigenvalue weighted by atomic mass is 9.73. The zero-order chi connectivity index (χ0) is 15.5. The van der Waals surface area contributed by atoms with Gasteiger partial charge in [0.15, 0.2) is 0 Å². The van der Waals surface area contributed by atoms with Crippen LogP contribution in [0.4, 0.5) is 0 Å². The van der Waals surface area contributed by atoms with Gasteiger partial charge in [-0.2, -0.15) is 5.01 Å². The van der Waals surface area contributed by atoms with Gasteiger partial charge in [0.1, 0.15) is 6.67 Å². The first-order valence-corrected chi connectivity index (χ1v) is 7.64. The van der Waals surface area contributed by atoms with E-state index in [1.54, 1.807) is 6.34 Å². The van der Waals surface area contributed by atoms with Crippen LogP contribution in [0, 0.1) is 5.41 Å². The molecule has 0 fully saturated rings. The summed E-state index contributed by atoms with van der Waals surface area (Å²) in [5.41, 5.74) is 3.23. The Balaban J connectivity index is 2.03. The SMILES string of the molecule is CC(C)(C)[C@](O)(CCc1ccc(Cl)cc1)CN1CN=CN1. The Morgan fingerprint density at radius 2 is 1.95 bits per heavy atom. The van der Waals surface area contributed by atoms with E-state index in [9.17, 15) is 5.11 Å². The monoisotopic (exact) mass is 309 g/mol. The summed E-state index contributed by atoms with van der Waals surface area (Å²) in [6.07, 6.45) is 3.18. The molecule has 1 aliphatic rings. The van der Waals surface area contributed by atoms with Gasteiger partial charge < -0.3 is 10.5 Å². The van der Waals surface area contributed by atoms with Crippen LogP contribution >= 0.6 is 11.6 Å². The topological polar surface area (TPSA) is 47.9 Å². The van der Waals surface area contributed by atoms with Crippen molar-refractivity contribution >= 4 is 17.9 Å². The van der Waals surface area contributed by atoms with E-state index in [0.29, 0.717) is 19.6 Å². The van der Waals surface area contributed by atoms with Crippen molar-refractivity contribution < 1.29 is 5.11 Å². The number of rotatable bonds is 5. The number of hydrogen-bond acceptors (Lipinski definition) is 4. The van der Waals surface area contributed by atoms with E-state index in [1.807, 2.05) is 29.3 Å². The van der Waals surface area contributed by atoms with Crippen LogP contribution in [0.5, 0.6) is 0 Å². The van der Waals surface area contributed by atoms with Crippen molar-refractivity contribution in [3.8, 4) is 0 Å². The summed E-state index contributed by atoms with van der Waals surface area (Å²) in [7, 11) is 0. The Bertz CT molecular complexity index is 487. The summed E-state index contributed by atoms with van der Waals surface area (Å²) in [5, 5.41) is 13.8. The third-order valence-corrected chi connectivity index (χ3v) is 4.42. The highest BCUT2D eigenvalue weighted by molar-refractivity contribution is 6.30. The Morgan fingerprint density at radius 3 is 2.48 bits per heavy atom. The van der Waals surface area contributed by atoms with Crippen molar-refractivity contribution in [2.75, 3.05) is 13.2 Å². The number of hydrazine groups is 1. The summed E-state index contributed by atoms with van der Waals surface area (Å²) in [5.74, 6) is 0. The van der Waals surface area contributed by atoms with E-state index in [2.05, 4.69) is 31.2 Å². The van der Waals surface area contributed by atoms with Gasteiger partial charge >= 0.3 is 0 Å². The molecule has 0 amide bonds. The smallest absolute Gasteiger partial charge is 0.110 e. The second-order valence-corrected chi connectivity index (χ2v) is 7.12. The molecule has 4 nitrogen and oxygen atoms in total. The molecule has 2 rings (SSSR count). The third-order valence-electron chi connectivity index (χ3n) is 4.17. The highest BCUT2D eigenvalue weighted by atomic mass is 35.5. The first-order valence-electron chi connectivity index (χ1n) is 7.26. The highest BCUT2D eigenvalue weighted by Gasteiger charge is 2.41. The van der Waals surface area contributed by atoms with Crippen molar-refractivity contribution in [3.63, 3.8) is 0 Å². The summed E-state index contributed by atoms with van der Waals surface area (Å²) < 4.78 is 0. The largest absolute Gasteiger partial charge is 0.388 e. The zero-order valence-corrected chi connectivity index (χ0v) is 13.7. The summed E-state index contributed by atoms with van der Waals surface area (Å²) in [6, 6.07) is 7.82. The Kier molecular flexibility index (Phi) is 4.91. The molecule has 0 radical (unpaired) electrons. The van der Waals surface area contributed by atoms with E-state index in [1.165, 1.54) is 5.56 Å². The van der Waals surface area contributed by atoms with Gasteiger partial charge in [0, 0.05) is 11.6 Å². The molecule has 2 N–H and O–H groups in total. The van der Waals surface area contributed by atoms with Gasteiger partial charge in [0.05, 0.1) is 11.9 Å². The summed E-state index contributed by atoms with van der Waals surface area (Å²) in [6.45, 7) is 7.35. The fraction of sp³-hybridized carbons (Fsp3) is 0.562. The van der Waals surface area contributed by atoms with Gasteiger partial charge in [0.25, 0.3) is 0 Å². The van der Waals surface area contributed by atoms with Gasteiger partial charge in [-0.25, -0.2) is 0 Å². The van der Waals surface area contributed by atoms with Crippen molar-refractivity contribution in [1.29, 1.82) is 0 Å². The fourth-order valence-corrected chi connectivity index (χ4v) is 2.53. The number of aliphatic imine (C=N–C) groups is 1. The van der Waals surface area contributed by atoms with E-state index >= 15 is 0 Å². The van der Waals surface area contributed by atoms with Crippen LogP contribution in [0.3, 0.4) is 0 Å². The number of nitrogens with one attached hydrogen (secondary N) is 1. The molecule has 0 aliphatic carbocycles. The van der Waals surface area contributed by atoms with Crippen molar-refractivity contribution in [2.45, 2.75) is 39.2 Å². The molecule has 0 bridgehead atoms. The summed E-state index contributed by atoms with van der Waals surface area (Å²) in [4.78, 5) is 4.12. The van der Waals surface area contributed by atoms with Gasteiger partial charge in [-0.15, -0.1) is 0 Å². The van der Waals surface area contributed by atoms with Crippen molar-refractivity contribution in [3.05, 3.63) is 34.9 Å². The minimum Gasteiger partial charge on any atom is -0.388 e. The van der Waals surface area contributed by atoms with Gasteiger partial charge in [-0.1, -0.05) is 44.5 Å². The molecule has 21 heavy (non-hydrogen) atoms. The molecule has 5 heteroatoms. The van der Waals surface area contributed by atoms with Crippen LogP contribution in [0.15, 0.2) is 29.3 Å². The number of halogens is 1. The normalized spacial score (nSPS) is 18.5. The quantitative estimate of drug-likeness (QED) is 0.879. The number of hydrogen-bond donors (Lipinski definition) is 2. The molecule has 0 spiro atoms. The minimum atomic E-state index is -0.798. The molecule has 1 aromatic carbocycles. The lowest BCUT2D eigenvalue weighted by Crippen LogP contribution is -2.54. The number of aryl methyl sites for hydroxylation is 1. The maximum Gasteiger partial charge on any atom is 0.110 e. The number of benzene rings is 1. The van der Waals surface area contributed by atoms with Crippen LogP contribution in [-0.4, -0.2) is 35.3 Å². The molecule has 1 aliphatic heterocycles. The fourth-order valence-electron chi connectivity index (χ4n) is 2.41. The number of aliphatic hydroxyl groups is 1. The second-order valence-electron chi connectivity index (χ2n) is 6.69. The van der Waals surface area contributed by atoms with Gasteiger partial charge in [0.2, 0.25) is 0 Å². The molecule has 116 valence electrons. The highest BCUT2D eigenvalue weighted by Crippen LogP contribution is 2.35. The lowest BCUT2D eigenvalue weighted by Gasteiger charge is -2.42. The molecule has 1 heterocycles. The number of β-amino-alcohol motifs (C(OH)–C–C–N with tert-alkyl or cyclic N) is 1. The van der Waals surface area contributed by atoms with Gasteiger partial charge in [-0.05, 0) is 36.0 Å². The maximum absolute atomic E-state index is 11.2. The lowest BCUT2D eigenvalue weighted by molar-refractivity contribution is -0.0883. The predicted octanol–water partition coefficient (Wildman–Crippen LogP) is 2.86. The minimum absolute atomic E-state index is 0.219. The molecule has 0 saturated heterocycles. The van der Waals surface area contributed by atoms with E-state index < -0.39 is 5.60 Å². The molecule has 1 atom stereocenters. The van der Waals surface area contributed by atoms with E-state index in [0.717, 1.165) is 11.4 Å². The molecule has 0 unspecified atom stereocenters. The molecule has 0 aromatic heterocycles. The first-order chi connectivity index (χ1) is 9.80. The third kappa shape index (κ3) is 4.19. The average molecular weight is 310 g/mol. The summed E-state index contributed by atoms with van der Waals surface area (Å²) >= 11 is 5.91. The Labute approximate surface area is 131 Å². The van der Waals surface area contributed by atoms with Crippen molar-refractivity contribution in [1.82, 2.24) is 10.4 Å². The standard InChI is InChI=1S/C16H24ClN3O/c1-15(2,3)16(21,10-20-12-18-11-19-20)9-8-13-4-6-14(17)7-5-13/h4-7,11,21H,8-10,12H2,1-3H3,(H,18,19)/t16-/m0/s1. The molecule has 1 aromatic rings. The van der Waals surface area contributed by atoms with Gasteiger partial charge in [-0.3, -0.25) is 4.99 Å². The first kappa shape index (κ1) is 16.3. The van der Waals surface area contributed by atoms with Crippen molar-refractivity contribution in [2.24, 2.45) is 10.4 Å². The van der Waals surface area contributed by atoms with Crippen LogP contribution in [0.1, 0.15) is 32.8 Å². The second kappa shape index (κ2) is 6.34. The average Bonchev–Trinajstić information content (AvgIpc) is 2.89. The van der Waals surface area contributed by atoms with E-state index in [4.69, 9.17) is 11.6 Å². The molecular weight excluding hydrogens is 286 g/mol. The molecule has 0 saturated carbocycles. The van der Waals surface area contributed by atoms with Crippen LogP contribution < -0.4 is 5.43 Å². The zero-order valence-electron chi connectivity index (χ0n) is 12.9. The van der Waals surface area contributed by atoms with Crippen LogP contribution in [0.2, 0.25) is 5.02 Å². The Hall–Kier alpha value is -1.10. The maximum atomic E-state index is 11.2. The van der Waals surface area contributed by atoms with Crippen LogP contribution in [0.25, 0.3) is 0 Å². The van der Waals surface area contributed by atoms with E-state index in [-0.39, 0.29) is 5.41 Å².